The Morgan fingerprint density at radius 3 is 2.53 bits per heavy atom. The number of halogens is 3. The largest absolute Gasteiger partial charge is 0.433 e. The molecule has 0 fully saturated rings. The van der Waals surface area contributed by atoms with E-state index in [1.165, 1.54) is 7.05 Å². The first kappa shape index (κ1) is 10.5. The Morgan fingerprint density at radius 2 is 1.93 bits per heavy atom. The van der Waals surface area contributed by atoms with Crippen LogP contribution in [0.5, 0.6) is 0 Å². The summed E-state index contributed by atoms with van der Waals surface area (Å²) in [5.74, 6) is 0. The minimum absolute atomic E-state index is 0.331. The van der Waals surface area contributed by atoms with Crippen LogP contribution in [0.2, 0.25) is 0 Å². The van der Waals surface area contributed by atoms with Crippen molar-refractivity contribution in [3.8, 4) is 0 Å². The number of hydrogen-bond acceptors (Lipinski definition) is 2. The summed E-state index contributed by atoms with van der Waals surface area (Å²) in [5.41, 5.74) is 0.311. The fraction of sp³-hybridized carbons (Fsp3) is 0.667. The second kappa shape index (κ2) is 3.23. The average molecular weight is 219 g/mol. The molecular formula is C9H12F3N3. The minimum Gasteiger partial charge on any atom is -0.302 e. The molecule has 0 N–H and O–H groups in total. The van der Waals surface area contributed by atoms with Crippen LogP contribution in [-0.4, -0.2) is 28.3 Å². The second-order valence-electron chi connectivity index (χ2n) is 3.88. The summed E-state index contributed by atoms with van der Waals surface area (Å²) in [4.78, 5) is 1.87. The molecule has 3 nitrogen and oxygen atoms in total. The summed E-state index contributed by atoms with van der Waals surface area (Å²) >= 11 is 0. The number of aromatic nitrogens is 2. The van der Waals surface area contributed by atoms with Gasteiger partial charge in [-0.15, -0.1) is 0 Å². The second-order valence-corrected chi connectivity index (χ2v) is 3.88. The Balaban J connectivity index is 2.51. The van der Waals surface area contributed by atoms with E-state index in [1.54, 1.807) is 0 Å². The molecule has 0 aromatic carbocycles. The Morgan fingerprint density at radius 1 is 1.27 bits per heavy atom. The lowest BCUT2D eigenvalue weighted by atomic mass is 10.1. The SMILES string of the molecule is CN1CCc2nn(C)c(C(F)(F)F)c2C1. The van der Waals surface area contributed by atoms with Gasteiger partial charge in [-0.05, 0) is 7.05 Å². The van der Waals surface area contributed by atoms with E-state index in [0.717, 1.165) is 11.2 Å². The van der Waals surface area contributed by atoms with E-state index in [0.29, 0.717) is 24.2 Å². The van der Waals surface area contributed by atoms with Crippen LogP contribution in [0.15, 0.2) is 0 Å². The van der Waals surface area contributed by atoms with Gasteiger partial charge in [-0.2, -0.15) is 18.3 Å². The van der Waals surface area contributed by atoms with Crippen LogP contribution in [0.4, 0.5) is 13.2 Å². The lowest BCUT2D eigenvalue weighted by Gasteiger charge is -2.22. The smallest absolute Gasteiger partial charge is 0.302 e. The normalized spacial score (nSPS) is 17.9. The first-order valence-electron chi connectivity index (χ1n) is 4.70. The molecule has 0 amide bonds. The molecule has 1 aliphatic rings. The average Bonchev–Trinajstić information content (AvgIpc) is 2.38. The van der Waals surface area contributed by atoms with Crippen LogP contribution in [0.3, 0.4) is 0 Å². The number of aryl methyl sites for hydroxylation is 1. The maximum Gasteiger partial charge on any atom is 0.433 e. The first-order chi connectivity index (χ1) is 6.89. The molecular weight excluding hydrogens is 207 g/mol. The van der Waals surface area contributed by atoms with Gasteiger partial charge < -0.3 is 4.90 Å². The summed E-state index contributed by atoms with van der Waals surface area (Å²) < 4.78 is 39.1. The van der Waals surface area contributed by atoms with Gasteiger partial charge in [-0.25, -0.2) is 0 Å². The van der Waals surface area contributed by atoms with Gasteiger partial charge in [0.1, 0.15) is 5.69 Å². The predicted molar refractivity (Wildman–Crippen MR) is 48.2 cm³/mol. The fourth-order valence-electron chi connectivity index (χ4n) is 1.99. The quantitative estimate of drug-likeness (QED) is 0.658. The van der Waals surface area contributed by atoms with Crippen molar-refractivity contribution in [3.63, 3.8) is 0 Å². The molecule has 0 saturated carbocycles. The van der Waals surface area contributed by atoms with Crippen molar-refractivity contribution >= 4 is 0 Å². The van der Waals surface area contributed by atoms with Crippen LogP contribution in [-0.2, 0) is 26.2 Å². The Labute approximate surface area is 85.5 Å². The van der Waals surface area contributed by atoms with Gasteiger partial charge in [0, 0.05) is 32.1 Å². The summed E-state index contributed by atoms with van der Waals surface area (Å²) in [5, 5.41) is 3.92. The van der Waals surface area contributed by atoms with Gasteiger partial charge in [-0.3, -0.25) is 4.68 Å². The fourth-order valence-corrected chi connectivity index (χ4v) is 1.99. The molecule has 1 aliphatic heterocycles. The molecule has 0 unspecified atom stereocenters. The van der Waals surface area contributed by atoms with Gasteiger partial charge in [0.25, 0.3) is 0 Å². The minimum atomic E-state index is -4.31. The Hall–Kier alpha value is -1.04. The summed E-state index contributed by atoms with van der Waals surface area (Å²) in [6, 6.07) is 0. The molecule has 15 heavy (non-hydrogen) atoms. The van der Waals surface area contributed by atoms with Crippen LogP contribution in [0.1, 0.15) is 17.0 Å². The highest BCUT2D eigenvalue weighted by Crippen LogP contribution is 2.34. The number of likely N-dealkylation sites (N-methyl/N-ethyl adjacent to an activating group) is 1. The van der Waals surface area contributed by atoms with Crippen molar-refractivity contribution in [2.45, 2.75) is 19.1 Å². The van der Waals surface area contributed by atoms with E-state index in [4.69, 9.17) is 0 Å². The molecule has 1 aromatic rings. The number of fused-ring (bicyclic) bond motifs is 1. The molecule has 84 valence electrons. The van der Waals surface area contributed by atoms with Crippen molar-refractivity contribution < 1.29 is 13.2 Å². The van der Waals surface area contributed by atoms with Crippen molar-refractivity contribution in [3.05, 3.63) is 17.0 Å². The molecule has 0 bridgehead atoms. The molecule has 0 saturated heterocycles. The maximum absolute atomic E-state index is 12.7. The molecule has 1 aromatic heterocycles. The Kier molecular flexibility index (Phi) is 2.26. The molecule has 0 atom stereocenters. The number of rotatable bonds is 0. The third-order valence-electron chi connectivity index (χ3n) is 2.66. The number of alkyl halides is 3. The van der Waals surface area contributed by atoms with Crippen molar-refractivity contribution in [2.75, 3.05) is 13.6 Å². The highest BCUT2D eigenvalue weighted by molar-refractivity contribution is 5.30. The Bertz CT molecular complexity index is 381. The van der Waals surface area contributed by atoms with Crippen molar-refractivity contribution in [2.24, 2.45) is 7.05 Å². The number of nitrogens with zero attached hydrogens (tertiary/aromatic N) is 3. The first-order valence-corrected chi connectivity index (χ1v) is 4.70. The molecule has 2 heterocycles. The van der Waals surface area contributed by atoms with E-state index < -0.39 is 11.9 Å². The van der Waals surface area contributed by atoms with E-state index in [-0.39, 0.29) is 0 Å². The lowest BCUT2D eigenvalue weighted by molar-refractivity contribution is -0.144. The number of hydrogen-bond donors (Lipinski definition) is 0. The zero-order valence-electron chi connectivity index (χ0n) is 8.60. The van der Waals surface area contributed by atoms with E-state index in [2.05, 4.69) is 5.10 Å². The van der Waals surface area contributed by atoms with E-state index in [1.807, 2.05) is 11.9 Å². The van der Waals surface area contributed by atoms with Gasteiger partial charge >= 0.3 is 6.18 Å². The van der Waals surface area contributed by atoms with Gasteiger partial charge in [0.05, 0.1) is 5.69 Å². The monoisotopic (exact) mass is 219 g/mol. The lowest BCUT2D eigenvalue weighted by Crippen LogP contribution is -2.27. The summed E-state index contributed by atoms with van der Waals surface area (Å²) in [6.45, 7) is 1.10. The third-order valence-corrected chi connectivity index (χ3v) is 2.66. The summed E-state index contributed by atoms with van der Waals surface area (Å²) in [7, 11) is 3.16. The molecule has 0 spiro atoms. The van der Waals surface area contributed by atoms with Gasteiger partial charge in [0.15, 0.2) is 0 Å². The topological polar surface area (TPSA) is 21.1 Å². The zero-order valence-corrected chi connectivity index (χ0v) is 8.60. The standard InChI is InChI=1S/C9H12F3N3/c1-14-4-3-7-6(5-14)8(9(10,11)12)15(2)13-7/h3-5H2,1-2H3. The van der Waals surface area contributed by atoms with Crippen molar-refractivity contribution in [1.29, 1.82) is 0 Å². The van der Waals surface area contributed by atoms with Gasteiger partial charge in [0.2, 0.25) is 0 Å². The molecule has 0 aliphatic carbocycles. The maximum atomic E-state index is 12.7. The highest BCUT2D eigenvalue weighted by atomic mass is 19.4. The molecule has 2 rings (SSSR count). The summed E-state index contributed by atoms with van der Waals surface area (Å²) in [6.07, 6.45) is -3.72. The zero-order chi connectivity index (χ0) is 11.2. The predicted octanol–water partition coefficient (Wildman–Crippen LogP) is 1.43. The van der Waals surface area contributed by atoms with Crippen LogP contribution < -0.4 is 0 Å². The van der Waals surface area contributed by atoms with E-state index >= 15 is 0 Å². The van der Waals surface area contributed by atoms with Crippen molar-refractivity contribution in [1.82, 2.24) is 14.7 Å². The molecule has 6 heteroatoms. The van der Waals surface area contributed by atoms with E-state index in [9.17, 15) is 13.2 Å². The highest BCUT2D eigenvalue weighted by Gasteiger charge is 2.39. The van der Waals surface area contributed by atoms with Crippen LogP contribution in [0.25, 0.3) is 0 Å². The molecule has 0 radical (unpaired) electrons. The van der Waals surface area contributed by atoms with Crippen LogP contribution in [0, 0.1) is 0 Å². The van der Waals surface area contributed by atoms with Crippen LogP contribution >= 0.6 is 0 Å². The third kappa shape index (κ3) is 1.73. The van der Waals surface area contributed by atoms with Gasteiger partial charge in [-0.1, -0.05) is 0 Å².